The van der Waals surface area contributed by atoms with Gasteiger partial charge >= 0.3 is 0 Å². The summed E-state index contributed by atoms with van der Waals surface area (Å²) in [7, 11) is -2.06. The topological polar surface area (TPSA) is 95.1 Å². The molecule has 0 bridgehead atoms. The summed E-state index contributed by atoms with van der Waals surface area (Å²) in [6.07, 6.45) is 2.29. The van der Waals surface area contributed by atoms with E-state index in [1.807, 2.05) is 18.2 Å². The second kappa shape index (κ2) is 9.84. The number of hydrogen-bond acceptors (Lipinski definition) is 8. The minimum atomic E-state index is -3.72. The quantitative estimate of drug-likeness (QED) is 0.517. The summed E-state index contributed by atoms with van der Waals surface area (Å²) in [5, 5.41) is 2.02. The van der Waals surface area contributed by atoms with Crippen molar-refractivity contribution in [2.45, 2.75) is 17.4 Å². The molecule has 1 amide bonds. The number of carbonyl (C=O) groups is 1. The molecule has 0 unspecified atom stereocenters. The van der Waals surface area contributed by atoms with E-state index < -0.39 is 10.0 Å². The van der Waals surface area contributed by atoms with Crippen LogP contribution < -0.4 is 19.3 Å². The van der Waals surface area contributed by atoms with Gasteiger partial charge in [-0.15, -0.1) is 11.3 Å². The highest BCUT2D eigenvalue weighted by Crippen LogP contribution is 2.28. The molecule has 1 aromatic heterocycles. The molecule has 9 nitrogen and oxygen atoms in total. The van der Waals surface area contributed by atoms with Crippen molar-refractivity contribution in [1.82, 2.24) is 9.88 Å². The Labute approximate surface area is 210 Å². The van der Waals surface area contributed by atoms with Gasteiger partial charge in [-0.2, -0.15) is 0 Å². The predicted octanol–water partition coefficient (Wildman–Crippen LogP) is 3.13. The molecule has 2 aliphatic heterocycles. The molecule has 11 heteroatoms. The molecule has 2 fully saturated rings. The monoisotopic (exact) mass is 515 g/mol. The van der Waals surface area contributed by atoms with Gasteiger partial charge < -0.3 is 14.5 Å². The third-order valence-corrected chi connectivity index (χ3v) is 8.64. The van der Waals surface area contributed by atoms with E-state index in [-0.39, 0.29) is 18.3 Å². The number of methoxy groups -OCH3 is 1. The molecule has 2 aliphatic rings. The molecule has 0 saturated carbocycles. The van der Waals surface area contributed by atoms with Gasteiger partial charge in [0.1, 0.15) is 5.75 Å². The van der Waals surface area contributed by atoms with Gasteiger partial charge in [0.15, 0.2) is 5.13 Å². The highest BCUT2D eigenvalue weighted by atomic mass is 32.2. The second-order valence-electron chi connectivity index (χ2n) is 8.46. The fourth-order valence-corrected chi connectivity index (χ4v) is 6.40. The lowest BCUT2D eigenvalue weighted by Gasteiger charge is -2.38. The second-order valence-corrected chi connectivity index (χ2v) is 11.0. The average molecular weight is 516 g/mol. The van der Waals surface area contributed by atoms with Crippen LogP contribution in [0.15, 0.2) is 65.0 Å². The van der Waals surface area contributed by atoms with Crippen molar-refractivity contribution >= 4 is 43.8 Å². The fraction of sp³-hybridized carbons (Fsp3) is 0.333. The number of piperazine rings is 1. The van der Waals surface area contributed by atoms with Crippen LogP contribution >= 0.6 is 11.3 Å². The summed E-state index contributed by atoms with van der Waals surface area (Å²) in [6.45, 7) is 3.91. The van der Waals surface area contributed by atoms with Crippen molar-refractivity contribution in [2.24, 2.45) is 0 Å². The molecule has 2 aromatic carbocycles. The average Bonchev–Trinajstić information content (AvgIpc) is 3.53. The van der Waals surface area contributed by atoms with Crippen molar-refractivity contribution < 1.29 is 19.4 Å². The molecule has 1 atom stereocenters. The first-order valence-electron chi connectivity index (χ1n) is 11.4. The van der Waals surface area contributed by atoms with Crippen molar-refractivity contribution in [3.05, 3.63) is 60.1 Å². The molecule has 0 aliphatic carbocycles. The van der Waals surface area contributed by atoms with Crippen LogP contribution in [0.25, 0.3) is 0 Å². The molecule has 5 rings (SSSR count). The normalized spacial score (nSPS) is 19.2. The Bertz CT molecular complexity index is 1280. The Morgan fingerprint density at radius 3 is 2.51 bits per heavy atom. The zero-order chi connectivity index (χ0) is 24.4. The van der Waals surface area contributed by atoms with Crippen LogP contribution in [-0.2, 0) is 14.8 Å². The standard InChI is InChI=1S/C24H27N5O4S2.H2/c1-33-20-4-2-3-19(17-20)27-12-14-28(15-13-27)22-9-11-29(23(22)30)18-5-7-21(8-6-18)35(31,32)26-24-25-10-16-34-24;/h2-8,10,16-17,22H,9,11-15H2,1H3,(H,25,26);1H/t22-;/m0./s1. The first kappa shape index (κ1) is 23.6. The number of amides is 1. The number of nitrogens with one attached hydrogen (secondary N) is 1. The number of carbonyl (C=O) groups excluding carboxylic acids is 1. The van der Waals surface area contributed by atoms with Crippen molar-refractivity contribution in [1.29, 1.82) is 0 Å². The van der Waals surface area contributed by atoms with E-state index in [1.54, 1.807) is 35.7 Å². The van der Waals surface area contributed by atoms with Gasteiger partial charge in [-0.25, -0.2) is 13.4 Å². The molecule has 3 aromatic rings. The highest BCUT2D eigenvalue weighted by molar-refractivity contribution is 7.93. The number of hydrogen-bond donors (Lipinski definition) is 1. The lowest BCUT2D eigenvalue weighted by Crippen LogP contribution is -2.52. The maximum Gasteiger partial charge on any atom is 0.263 e. The van der Waals surface area contributed by atoms with Crippen molar-refractivity contribution in [3.63, 3.8) is 0 Å². The van der Waals surface area contributed by atoms with Crippen molar-refractivity contribution in [2.75, 3.05) is 54.4 Å². The van der Waals surface area contributed by atoms with Crippen LogP contribution in [0.1, 0.15) is 7.85 Å². The number of benzene rings is 2. The molecule has 2 saturated heterocycles. The third-order valence-electron chi connectivity index (χ3n) is 6.46. The summed E-state index contributed by atoms with van der Waals surface area (Å²) in [5.74, 6) is 0.903. The van der Waals surface area contributed by atoms with Gasteiger partial charge in [0.25, 0.3) is 10.0 Å². The van der Waals surface area contributed by atoms with E-state index in [1.165, 1.54) is 23.5 Å². The molecular weight excluding hydrogens is 486 g/mol. The Balaban J connectivity index is 0.00000304. The first-order valence-corrected chi connectivity index (χ1v) is 13.8. The van der Waals surface area contributed by atoms with E-state index >= 15 is 0 Å². The maximum atomic E-state index is 13.3. The number of ether oxygens (including phenoxy) is 1. The van der Waals surface area contributed by atoms with Gasteiger partial charge in [-0.1, -0.05) is 6.07 Å². The highest BCUT2D eigenvalue weighted by Gasteiger charge is 2.38. The van der Waals surface area contributed by atoms with E-state index in [2.05, 4.69) is 25.6 Å². The fourth-order valence-electron chi connectivity index (χ4n) is 4.61. The van der Waals surface area contributed by atoms with Gasteiger partial charge in [0.05, 0.1) is 18.0 Å². The van der Waals surface area contributed by atoms with E-state index in [4.69, 9.17) is 4.74 Å². The molecular formula is C24H29N5O4S2. The third kappa shape index (κ3) is 4.97. The Morgan fingerprint density at radius 2 is 1.83 bits per heavy atom. The molecule has 35 heavy (non-hydrogen) atoms. The molecule has 0 spiro atoms. The maximum absolute atomic E-state index is 13.3. The molecule has 3 heterocycles. The van der Waals surface area contributed by atoms with Crippen LogP contribution in [0, 0.1) is 0 Å². The first-order chi connectivity index (χ1) is 16.9. The summed E-state index contributed by atoms with van der Waals surface area (Å²) in [4.78, 5) is 23.7. The van der Waals surface area contributed by atoms with Gasteiger partial charge in [0.2, 0.25) is 5.91 Å². The van der Waals surface area contributed by atoms with Crippen LogP contribution in [0.5, 0.6) is 5.75 Å². The molecule has 1 N–H and O–H groups in total. The van der Waals surface area contributed by atoms with E-state index in [0.717, 1.165) is 44.0 Å². The minimum absolute atomic E-state index is 0. The zero-order valence-electron chi connectivity index (χ0n) is 19.3. The summed E-state index contributed by atoms with van der Waals surface area (Å²) >= 11 is 1.21. The Morgan fingerprint density at radius 1 is 1.06 bits per heavy atom. The van der Waals surface area contributed by atoms with Gasteiger partial charge in [-0.05, 0) is 42.8 Å². The minimum Gasteiger partial charge on any atom is -0.497 e. The van der Waals surface area contributed by atoms with Crippen LogP contribution in [-0.4, -0.2) is 70.1 Å². The zero-order valence-corrected chi connectivity index (χ0v) is 21.0. The van der Waals surface area contributed by atoms with Crippen LogP contribution in [0.3, 0.4) is 0 Å². The number of thiazole rings is 1. The Kier molecular flexibility index (Phi) is 6.63. The molecule has 0 radical (unpaired) electrons. The SMILES string of the molecule is COc1cccc(N2CCN([C@H]3CCN(c4ccc(S(=O)(=O)Nc5nccs5)cc4)C3=O)CC2)c1.[HH]. The summed E-state index contributed by atoms with van der Waals surface area (Å²) in [6, 6.07) is 14.3. The number of rotatable bonds is 7. The van der Waals surface area contributed by atoms with Crippen LogP contribution in [0.4, 0.5) is 16.5 Å². The number of anilines is 3. The lowest BCUT2D eigenvalue weighted by molar-refractivity contribution is -0.121. The van der Waals surface area contributed by atoms with Crippen molar-refractivity contribution in [3.8, 4) is 5.75 Å². The summed E-state index contributed by atoms with van der Waals surface area (Å²) < 4.78 is 33.0. The smallest absolute Gasteiger partial charge is 0.263 e. The number of nitrogens with zero attached hydrogens (tertiary/aromatic N) is 4. The van der Waals surface area contributed by atoms with E-state index in [9.17, 15) is 13.2 Å². The van der Waals surface area contributed by atoms with Crippen LogP contribution in [0.2, 0.25) is 0 Å². The lowest BCUT2D eigenvalue weighted by atomic mass is 10.1. The molecule has 186 valence electrons. The predicted molar refractivity (Wildman–Crippen MR) is 139 cm³/mol. The summed E-state index contributed by atoms with van der Waals surface area (Å²) in [5.41, 5.74) is 1.84. The number of aromatic nitrogens is 1. The Hall–Kier alpha value is -3.15. The number of sulfonamides is 1. The van der Waals surface area contributed by atoms with Gasteiger partial charge in [-0.3, -0.25) is 14.4 Å². The van der Waals surface area contributed by atoms with Gasteiger partial charge in [0, 0.05) is 63.2 Å². The van der Waals surface area contributed by atoms with E-state index in [0.29, 0.717) is 17.4 Å². The largest absolute Gasteiger partial charge is 0.497 e.